The zero-order chi connectivity index (χ0) is 20.2. The van der Waals surface area contributed by atoms with Crippen molar-refractivity contribution in [2.24, 2.45) is 0 Å². The Kier molecular flexibility index (Phi) is 11.0. The number of sulfonamides is 1. The first kappa shape index (κ1) is 24.3. The van der Waals surface area contributed by atoms with Gasteiger partial charge in [0.2, 0.25) is 10.0 Å². The van der Waals surface area contributed by atoms with Crippen molar-refractivity contribution in [1.82, 2.24) is 9.44 Å². The van der Waals surface area contributed by atoms with Gasteiger partial charge in [-0.05, 0) is 6.92 Å². The molecule has 0 heterocycles. The van der Waals surface area contributed by atoms with Gasteiger partial charge in [-0.3, -0.25) is 4.18 Å². The Labute approximate surface area is 152 Å². The molecule has 0 aromatic rings. The van der Waals surface area contributed by atoms with E-state index in [2.05, 4.69) is 16.1 Å². The molecule has 1 amide bonds. The van der Waals surface area contributed by atoms with Gasteiger partial charge in [-0.1, -0.05) is 10.7 Å². The lowest BCUT2D eigenvalue weighted by molar-refractivity contribution is -0.138. The summed E-state index contributed by atoms with van der Waals surface area (Å²) in [5, 5.41) is 2.33. The lowest BCUT2D eigenvalue weighted by Gasteiger charge is -2.08. The zero-order valence-corrected chi connectivity index (χ0v) is 16.0. The monoisotopic (exact) mass is 418 g/mol. The smallest absolute Gasteiger partial charge is 0.407 e. The van der Waals surface area contributed by atoms with Gasteiger partial charge in [-0.15, -0.1) is 0 Å². The molecule has 0 aliphatic heterocycles. The second kappa shape index (κ2) is 11.8. The maximum absolute atomic E-state index is 11.3. The van der Waals surface area contributed by atoms with E-state index in [0.717, 1.165) is 0 Å². The molecular weight excluding hydrogens is 396 g/mol. The third kappa shape index (κ3) is 14.6. The molecule has 0 atom stereocenters. The molecule has 0 unspecified atom stereocenters. The quantitative estimate of drug-likeness (QED) is 0.208. The molecule has 0 saturated carbocycles. The van der Waals surface area contributed by atoms with Crippen molar-refractivity contribution in [3.63, 3.8) is 0 Å². The Balaban J connectivity index is 3.65. The largest absolute Gasteiger partial charge is 0.460 e. The van der Waals surface area contributed by atoms with E-state index >= 15 is 0 Å². The maximum atomic E-state index is 11.3. The van der Waals surface area contributed by atoms with Crippen molar-refractivity contribution < 1.29 is 44.8 Å². The molecule has 0 bridgehead atoms. The highest BCUT2D eigenvalue weighted by molar-refractivity contribution is 8.02. The minimum absolute atomic E-state index is 0.0371. The number of ether oxygens (including phenoxy) is 3. The second-order valence-electron chi connectivity index (χ2n) is 4.72. The summed E-state index contributed by atoms with van der Waals surface area (Å²) in [6, 6.07) is 0. The third-order valence-corrected chi connectivity index (χ3v) is 4.64. The van der Waals surface area contributed by atoms with Gasteiger partial charge in [0.15, 0.2) is 0 Å². The molecule has 2 N–H and O–H groups in total. The normalized spacial score (nSPS) is 11.6. The summed E-state index contributed by atoms with van der Waals surface area (Å²) in [6.07, 6.45) is -0.0896. The highest BCUT2D eigenvalue weighted by Gasteiger charge is 2.16. The molecule has 0 aliphatic carbocycles. The Hall–Kier alpha value is -1.74. The lowest BCUT2D eigenvalue weighted by Crippen LogP contribution is -2.32. The molecule has 14 heteroatoms. The van der Waals surface area contributed by atoms with Crippen LogP contribution in [0.15, 0.2) is 12.2 Å². The van der Waals surface area contributed by atoms with E-state index in [1.165, 1.54) is 11.1 Å². The molecule has 0 saturated heterocycles. The number of nitrogens with one attached hydrogen (secondary N) is 2. The van der Waals surface area contributed by atoms with Crippen LogP contribution in [0.4, 0.5) is 4.79 Å². The Morgan fingerprint density at radius 1 is 0.962 bits per heavy atom. The first-order valence-corrected chi connectivity index (χ1v) is 10.4. The van der Waals surface area contributed by atoms with Gasteiger partial charge in [0.25, 0.3) is 0 Å². The highest BCUT2D eigenvalue weighted by atomic mass is 32.3. The molecule has 26 heavy (non-hydrogen) atoms. The Morgan fingerprint density at radius 2 is 1.58 bits per heavy atom. The van der Waals surface area contributed by atoms with Crippen LogP contribution < -0.4 is 9.44 Å². The first-order valence-electron chi connectivity index (χ1n) is 7.12. The molecule has 0 aromatic carbocycles. The van der Waals surface area contributed by atoms with Gasteiger partial charge in [0, 0.05) is 5.57 Å². The van der Waals surface area contributed by atoms with Gasteiger partial charge < -0.3 is 19.5 Å². The fraction of sp³-hybridized carbons (Fsp3) is 0.667. The zero-order valence-electron chi connectivity index (χ0n) is 14.3. The summed E-state index contributed by atoms with van der Waals surface area (Å²) >= 11 is 0. The van der Waals surface area contributed by atoms with E-state index in [1.54, 1.807) is 0 Å². The van der Waals surface area contributed by atoms with Crippen LogP contribution in [0.25, 0.3) is 0 Å². The fourth-order valence-electron chi connectivity index (χ4n) is 1.18. The average molecular weight is 418 g/mol. The van der Waals surface area contributed by atoms with E-state index < -0.39 is 39.0 Å². The van der Waals surface area contributed by atoms with E-state index in [1.807, 2.05) is 0 Å². The third-order valence-electron chi connectivity index (χ3n) is 2.13. The summed E-state index contributed by atoms with van der Waals surface area (Å²) in [5.74, 6) is -0.565. The number of carbonyl (C=O) groups is 2. The van der Waals surface area contributed by atoms with Crippen LogP contribution in [-0.4, -0.2) is 74.7 Å². The number of amides is 1. The van der Waals surface area contributed by atoms with Gasteiger partial charge in [0.1, 0.15) is 13.2 Å². The number of hydrogen-bond acceptors (Lipinski definition) is 10. The van der Waals surface area contributed by atoms with Gasteiger partial charge in [-0.25, -0.2) is 18.0 Å². The molecule has 0 aliphatic rings. The maximum Gasteiger partial charge on any atom is 0.407 e. The first-order chi connectivity index (χ1) is 11.9. The summed E-state index contributed by atoms with van der Waals surface area (Å²) in [6.45, 7) is 4.15. The van der Waals surface area contributed by atoms with Crippen molar-refractivity contribution in [1.29, 1.82) is 0 Å². The van der Waals surface area contributed by atoms with Crippen LogP contribution in [0.1, 0.15) is 6.92 Å². The SMILES string of the molecule is C=C(C)C(=O)OCCNC(=O)OCCOCCOS(=O)(=O)NS(C)(=O)=O. The van der Waals surface area contributed by atoms with Crippen LogP contribution in [0, 0.1) is 0 Å². The number of alkyl carbamates (subject to hydrolysis) is 1. The second-order valence-corrected chi connectivity index (χ2v) is 8.08. The van der Waals surface area contributed by atoms with Crippen LogP contribution >= 0.6 is 0 Å². The highest BCUT2D eigenvalue weighted by Crippen LogP contribution is 1.92. The molecule has 0 spiro atoms. The Bertz CT molecular complexity index is 687. The minimum atomic E-state index is -4.42. The molecule has 0 aromatic heterocycles. The average Bonchev–Trinajstić information content (AvgIpc) is 2.47. The van der Waals surface area contributed by atoms with Gasteiger partial charge >= 0.3 is 22.4 Å². The molecular formula is C12H22N2O10S2. The standard InChI is InChI=1S/C12H22N2O10S2/c1-10(2)11(15)22-5-4-13-12(16)23-8-6-21-7-9-24-26(19,20)14-25(3,17)18/h14H,1,4-9H2,2-3H3,(H,13,16). The van der Waals surface area contributed by atoms with Gasteiger partial charge in [0.05, 0.1) is 32.6 Å². The van der Waals surface area contributed by atoms with Crippen molar-refractivity contribution in [2.75, 3.05) is 45.8 Å². The van der Waals surface area contributed by atoms with E-state index in [0.29, 0.717) is 6.26 Å². The molecule has 0 fully saturated rings. The molecule has 12 nitrogen and oxygen atoms in total. The topological polar surface area (TPSA) is 163 Å². The minimum Gasteiger partial charge on any atom is -0.460 e. The Morgan fingerprint density at radius 3 is 2.15 bits per heavy atom. The summed E-state index contributed by atoms with van der Waals surface area (Å²) in [7, 11) is -8.39. The van der Waals surface area contributed by atoms with Crippen LogP contribution in [-0.2, 0) is 43.5 Å². The number of rotatable bonds is 13. The summed E-state index contributed by atoms with van der Waals surface area (Å²) in [5.41, 5.74) is 0.244. The predicted molar refractivity (Wildman–Crippen MR) is 88.8 cm³/mol. The summed E-state index contributed by atoms with van der Waals surface area (Å²) in [4.78, 5) is 22.3. The molecule has 152 valence electrons. The van der Waals surface area contributed by atoms with E-state index in [9.17, 15) is 26.4 Å². The lowest BCUT2D eigenvalue weighted by atomic mass is 10.4. The predicted octanol–water partition coefficient (Wildman–Crippen LogP) is -1.34. The molecule has 0 radical (unpaired) electrons. The fourth-order valence-corrected chi connectivity index (χ4v) is 3.14. The van der Waals surface area contributed by atoms with Crippen molar-refractivity contribution in [3.8, 4) is 0 Å². The van der Waals surface area contributed by atoms with E-state index in [4.69, 9.17) is 14.2 Å². The molecule has 0 rings (SSSR count). The van der Waals surface area contributed by atoms with Crippen molar-refractivity contribution in [3.05, 3.63) is 12.2 Å². The van der Waals surface area contributed by atoms with Crippen LogP contribution in [0.5, 0.6) is 0 Å². The van der Waals surface area contributed by atoms with Crippen LogP contribution in [0.3, 0.4) is 0 Å². The number of hydrogen-bond donors (Lipinski definition) is 2. The summed E-state index contributed by atoms with van der Waals surface area (Å²) < 4.78 is 63.8. The van der Waals surface area contributed by atoms with Crippen LogP contribution in [0.2, 0.25) is 0 Å². The van der Waals surface area contributed by atoms with Crippen molar-refractivity contribution >= 4 is 32.4 Å². The van der Waals surface area contributed by atoms with Gasteiger partial charge in [-0.2, -0.15) is 8.42 Å². The number of esters is 1. The van der Waals surface area contributed by atoms with E-state index in [-0.39, 0.29) is 38.5 Å². The number of carbonyl (C=O) groups excluding carboxylic acids is 2. The van der Waals surface area contributed by atoms with Crippen molar-refractivity contribution in [2.45, 2.75) is 6.92 Å².